The predicted octanol–water partition coefficient (Wildman–Crippen LogP) is 1.26. The van der Waals surface area contributed by atoms with Gasteiger partial charge in [-0.25, -0.2) is 0 Å². The number of unbranched alkanes of at least 4 members (excludes halogenated alkanes) is 1. The summed E-state index contributed by atoms with van der Waals surface area (Å²) < 4.78 is 10.1. The highest BCUT2D eigenvalue weighted by molar-refractivity contribution is 5.76. The second-order valence-electron chi connectivity index (χ2n) is 3.94. The summed E-state index contributed by atoms with van der Waals surface area (Å²) >= 11 is 0. The van der Waals surface area contributed by atoms with Gasteiger partial charge in [0.15, 0.2) is 0 Å². The van der Waals surface area contributed by atoms with Gasteiger partial charge in [0.2, 0.25) is 5.91 Å². The quantitative estimate of drug-likeness (QED) is 0.490. The Morgan fingerprint density at radius 3 is 2.59 bits per heavy atom. The topological polar surface area (TPSA) is 64.6 Å². The fourth-order valence-corrected chi connectivity index (χ4v) is 1.18. The van der Waals surface area contributed by atoms with Crippen LogP contribution >= 0.6 is 0 Å². The lowest BCUT2D eigenvalue weighted by atomic mass is 10.3. The fourth-order valence-electron chi connectivity index (χ4n) is 1.18. The Bertz CT molecular complexity index is 231. The molecule has 0 heterocycles. The van der Waals surface area contributed by atoms with Crippen LogP contribution in [0.2, 0.25) is 0 Å². The maximum Gasteiger partial charge on any atom is 0.302 e. The molecule has 17 heavy (non-hydrogen) atoms. The molecule has 0 fully saturated rings. The number of nitrogens with one attached hydrogen (secondary N) is 1. The fraction of sp³-hybridized carbons (Fsp3) is 0.833. The van der Waals surface area contributed by atoms with Gasteiger partial charge < -0.3 is 14.8 Å². The van der Waals surface area contributed by atoms with Crippen molar-refractivity contribution in [3.63, 3.8) is 0 Å². The van der Waals surface area contributed by atoms with Crippen LogP contribution in [-0.4, -0.2) is 37.7 Å². The Kier molecular flexibility index (Phi) is 9.43. The van der Waals surface area contributed by atoms with Crippen molar-refractivity contribution in [3.8, 4) is 0 Å². The van der Waals surface area contributed by atoms with Gasteiger partial charge in [-0.15, -0.1) is 0 Å². The molecule has 0 aromatic heterocycles. The second kappa shape index (κ2) is 10.1. The average molecular weight is 245 g/mol. The average Bonchev–Trinajstić information content (AvgIpc) is 2.25. The van der Waals surface area contributed by atoms with E-state index < -0.39 is 0 Å². The molecule has 0 aliphatic rings. The Morgan fingerprint density at radius 1 is 1.29 bits per heavy atom. The third kappa shape index (κ3) is 11.2. The van der Waals surface area contributed by atoms with Gasteiger partial charge in [-0.3, -0.25) is 9.59 Å². The van der Waals surface area contributed by atoms with Crippen LogP contribution in [0, 0.1) is 0 Å². The van der Waals surface area contributed by atoms with Crippen molar-refractivity contribution in [2.24, 2.45) is 0 Å². The van der Waals surface area contributed by atoms with Gasteiger partial charge in [0.25, 0.3) is 0 Å². The van der Waals surface area contributed by atoms with E-state index in [0.29, 0.717) is 26.2 Å². The molecule has 0 bridgehead atoms. The first-order chi connectivity index (χ1) is 8.06. The number of hydrogen-bond acceptors (Lipinski definition) is 4. The van der Waals surface area contributed by atoms with Crippen LogP contribution in [0.3, 0.4) is 0 Å². The van der Waals surface area contributed by atoms with Crippen molar-refractivity contribution in [1.29, 1.82) is 0 Å². The summed E-state index contributed by atoms with van der Waals surface area (Å²) in [6, 6.07) is 0. The highest BCUT2D eigenvalue weighted by Crippen LogP contribution is 1.92. The molecule has 0 unspecified atom stereocenters. The molecule has 0 aromatic rings. The van der Waals surface area contributed by atoms with E-state index in [9.17, 15) is 9.59 Å². The molecule has 0 aliphatic carbocycles. The molecule has 0 aliphatic heterocycles. The lowest BCUT2D eigenvalue weighted by molar-refractivity contribution is -0.145. The van der Waals surface area contributed by atoms with Crippen molar-refractivity contribution < 1.29 is 19.1 Å². The Balaban J connectivity index is 3.42. The minimum atomic E-state index is -0.338. The molecule has 0 saturated heterocycles. The molecule has 0 radical (unpaired) electrons. The van der Waals surface area contributed by atoms with E-state index in [1.165, 1.54) is 6.92 Å². The Hall–Kier alpha value is -1.10. The zero-order valence-electron chi connectivity index (χ0n) is 11.0. The minimum absolute atomic E-state index is 0.0829. The van der Waals surface area contributed by atoms with E-state index in [2.05, 4.69) is 12.2 Å². The monoisotopic (exact) mass is 245 g/mol. The maximum atomic E-state index is 11.3. The number of esters is 1. The van der Waals surface area contributed by atoms with Gasteiger partial charge in [0, 0.05) is 20.0 Å². The molecule has 0 saturated carbocycles. The predicted molar refractivity (Wildman–Crippen MR) is 64.6 cm³/mol. The molecule has 0 aromatic carbocycles. The van der Waals surface area contributed by atoms with Gasteiger partial charge in [-0.1, -0.05) is 13.3 Å². The van der Waals surface area contributed by atoms with Crippen LogP contribution < -0.4 is 5.32 Å². The first-order valence-corrected chi connectivity index (χ1v) is 6.08. The van der Waals surface area contributed by atoms with E-state index in [1.54, 1.807) is 6.92 Å². The number of carbonyl (C=O) groups is 2. The van der Waals surface area contributed by atoms with Crippen molar-refractivity contribution in [2.75, 3.05) is 19.8 Å². The lowest BCUT2D eigenvalue weighted by Crippen LogP contribution is -2.33. The van der Waals surface area contributed by atoms with E-state index >= 15 is 0 Å². The normalized spacial score (nSPS) is 11.9. The third-order valence-electron chi connectivity index (χ3n) is 2.07. The lowest BCUT2D eigenvalue weighted by Gasteiger charge is -2.12. The van der Waals surface area contributed by atoms with Crippen molar-refractivity contribution in [1.82, 2.24) is 5.32 Å². The molecular formula is C12H23NO4. The maximum absolute atomic E-state index is 11.3. The summed E-state index contributed by atoms with van der Waals surface area (Å²) in [6.45, 7) is 6.65. The number of amides is 1. The molecule has 0 spiro atoms. The van der Waals surface area contributed by atoms with Crippen LogP contribution in [0.15, 0.2) is 0 Å². The smallest absolute Gasteiger partial charge is 0.302 e. The second-order valence-corrected chi connectivity index (χ2v) is 3.94. The number of carbonyl (C=O) groups excluding carboxylic acids is 2. The zero-order valence-corrected chi connectivity index (χ0v) is 11.0. The van der Waals surface area contributed by atoms with E-state index in [1.807, 2.05) is 0 Å². The summed E-state index contributed by atoms with van der Waals surface area (Å²) in [6.07, 6.45) is 2.16. The van der Waals surface area contributed by atoms with Gasteiger partial charge in [0.05, 0.1) is 13.2 Å². The van der Waals surface area contributed by atoms with Gasteiger partial charge >= 0.3 is 5.97 Å². The molecule has 0 rings (SSSR count). The van der Waals surface area contributed by atoms with E-state index in [4.69, 9.17) is 9.47 Å². The Morgan fingerprint density at radius 2 is 2.00 bits per heavy atom. The van der Waals surface area contributed by atoms with Crippen LogP contribution in [-0.2, 0) is 19.1 Å². The van der Waals surface area contributed by atoms with Crippen LogP contribution in [0.5, 0.6) is 0 Å². The first kappa shape index (κ1) is 15.9. The highest BCUT2D eigenvalue weighted by Gasteiger charge is 2.07. The van der Waals surface area contributed by atoms with Crippen LogP contribution in [0.4, 0.5) is 0 Å². The molecule has 1 atom stereocenters. The van der Waals surface area contributed by atoms with Crippen molar-refractivity contribution in [2.45, 2.75) is 46.1 Å². The molecular weight excluding hydrogens is 222 g/mol. The van der Waals surface area contributed by atoms with Gasteiger partial charge in [0.1, 0.15) is 6.10 Å². The first-order valence-electron chi connectivity index (χ1n) is 6.08. The highest BCUT2D eigenvalue weighted by atomic mass is 16.5. The van der Waals surface area contributed by atoms with Crippen LogP contribution in [0.25, 0.3) is 0 Å². The number of rotatable bonds is 9. The van der Waals surface area contributed by atoms with Crippen molar-refractivity contribution >= 4 is 11.9 Å². The number of hydrogen-bond donors (Lipinski definition) is 1. The standard InChI is InChI=1S/C12H23NO4/c1-4-5-7-16-8-6-12(15)13-9-10(2)17-11(3)14/h10H,4-9H2,1-3H3,(H,13,15)/t10-/m0/s1. The molecule has 5 nitrogen and oxygen atoms in total. The summed E-state index contributed by atoms with van der Waals surface area (Å²) in [5.41, 5.74) is 0. The van der Waals surface area contributed by atoms with Gasteiger partial charge in [-0.05, 0) is 13.3 Å². The van der Waals surface area contributed by atoms with E-state index in [0.717, 1.165) is 12.8 Å². The summed E-state index contributed by atoms with van der Waals surface area (Å²) in [4.78, 5) is 22.0. The summed E-state index contributed by atoms with van der Waals surface area (Å²) in [5.74, 6) is -0.421. The summed E-state index contributed by atoms with van der Waals surface area (Å²) in [7, 11) is 0. The SMILES string of the molecule is CCCCOCCC(=O)NC[C@H](C)OC(C)=O. The minimum Gasteiger partial charge on any atom is -0.461 e. The number of ether oxygens (including phenoxy) is 2. The van der Waals surface area contributed by atoms with Crippen LogP contribution in [0.1, 0.15) is 40.0 Å². The Labute approximate surface area is 103 Å². The van der Waals surface area contributed by atoms with Crippen molar-refractivity contribution in [3.05, 3.63) is 0 Å². The molecule has 5 heteroatoms. The zero-order chi connectivity index (χ0) is 13.1. The molecule has 1 N–H and O–H groups in total. The molecule has 100 valence electrons. The van der Waals surface area contributed by atoms with Gasteiger partial charge in [-0.2, -0.15) is 0 Å². The largest absolute Gasteiger partial charge is 0.461 e. The van der Waals surface area contributed by atoms with E-state index in [-0.39, 0.29) is 18.0 Å². The third-order valence-corrected chi connectivity index (χ3v) is 2.07. The molecule has 1 amide bonds. The summed E-state index contributed by atoms with van der Waals surface area (Å²) in [5, 5.41) is 2.68.